The van der Waals surface area contributed by atoms with Gasteiger partial charge in [0.1, 0.15) is 0 Å². The lowest BCUT2D eigenvalue weighted by molar-refractivity contribution is 0.583. The summed E-state index contributed by atoms with van der Waals surface area (Å²) < 4.78 is 40.1. The summed E-state index contributed by atoms with van der Waals surface area (Å²) in [7, 11) is -3.72. The molecule has 0 unspecified atom stereocenters. The van der Waals surface area contributed by atoms with Crippen molar-refractivity contribution in [3.8, 4) is 0 Å². The van der Waals surface area contributed by atoms with Crippen LogP contribution < -0.4 is 4.72 Å². The highest BCUT2D eigenvalue weighted by molar-refractivity contribution is 9.10. The van der Waals surface area contributed by atoms with E-state index in [2.05, 4.69) is 25.6 Å². The summed E-state index contributed by atoms with van der Waals surface area (Å²) in [6.07, 6.45) is 1.13. The molecule has 0 saturated carbocycles. The van der Waals surface area contributed by atoms with Crippen LogP contribution in [0.3, 0.4) is 0 Å². The zero-order valence-electron chi connectivity index (χ0n) is 9.89. The molecule has 1 aromatic carbocycles. The summed E-state index contributed by atoms with van der Waals surface area (Å²) in [5.41, 5.74) is 0.826. The van der Waals surface area contributed by atoms with Crippen molar-refractivity contribution in [2.24, 2.45) is 0 Å². The van der Waals surface area contributed by atoms with Crippen molar-refractivity contribution in [1.29, 1.82) is 0 Å². The maximum atomic E-state index is 12.7. The summed E-state index contributed by atoms with van der Waals surface area (Å²) in [5.74, 6) is -0.665. The Balaban J connectivity index is 2.37. The molecule has 19 heavy (non-hydrogen) atoms. The van der Waals surface area contributed by atoms with Gasteiger partial charge >= 0.3 is 0 Å². The van der Waals surface area contributed by atoms with Crippen LogP contribution >= 0.6 is 15.9 Å². The summed E-state index contributed by atoms with van der Waals surface area (Å²) in [4.78, 5) is 3.55. The van der Waals surface area contributed by atoms with Crippen LogP contribution in [0.2, 0.25) is 0 Å². The van der Waals surface area contributed by atoms with Gasteiger partial charge in [-0.15, -0.1) is 0 Å². The number of aryl methyl sites for hydroxylation is 1. The molecule has 100 valence electrons. The van der Waals surface area contributed by atoms with Gasteiger partial charge in [-0.1, -0.05) is 22.0 Å². The molecule has 0 fully saturated rings. The number of aromatic nitrogens is 1. The maximum Gasteiger partial charge on any atom is 0.262 e. The van der Waals surface area contributed by atoms with Crippen LogP contribution in [0.1, 0.15) is 5.56 Å². The van der Waals surface area contributed by atoms with Crippen molar-refractivity contribution >= 4 is 31.6 Å². The smallest absolute Gasteiger partial charge is 0.262 e. The van der Waals surface area contributed by atoms with Gasteiger partial charge in [-0.3, -0.25) is 4.72 Å². The first-order chi connectivity index (χ1) is 8.88. The first kappa shape index (κ1) is 14.0. The van der Waals surface area contributed by atoms with Crippen molar-refractivity contribution in [1.82, 2.24) is 4.98 Å². The van der Waals surface area contributed by atoms with Gasteiger partial charge in [0.05, 0.1) is 16.8 Å². The second-order valence-corrected chi connectivity index (χ2v) is 6.45. The van der Waals surface area contributed by atoms with Gasteiger partial charge in [-0.05, 0) is 36.8 Å². The Morgan fingerprint density at radius 1 is 1.26 bits per heavy atom. The SMILES string of the molecule is Cc1ccc(Br)cc1S(=O)(=O)Nc1ccc(F)nc1. The Bertz CT molecular complexity index is 702. The molecule has 1 aromatic heterocycles. The van der Waals surface area contributed by atoms with Gasteiger partial charge in [-0.2, -0.15) is 4.39 Å². The van der Waals surface area contributed by atoms with Crippen LogP contribution in [0.5, 0.6) is 0 Å². The highest BCUT2D eigenvalue weighted by Crippen LogP contribution is 2.22. The lowest BCUT2D eigenvalue weighted by atomic mass is 10.2. The molecule has 0 saturated heterocycles. The monoisotopic (exact) mass is 344 g/mol. The van der Waals surface area contributed by atoms with Crippen molar-refractivity contribution < 1.29 is 12.8 Å². The third kappa shape index (κ3) is 3.30. The number of hydrogen-bond acceptors (Lipinski definition) is 3. The van der Waals surface area contributed by atoms with Gasteiger partial charge in [0.25, 0.3) is 10.0 Å². The molecule has 2 rings (SSSR count). The second-order valence-electron chi connectivity index (χ2n) is 3.88. The van der Waals surface area contributed by atoms with Crippen LogP contribution in [0.15, 0.2) is 45.9 Å². The summed E-state index contributed by atoms with van der Waals surface area (Å²) in [5, 5.41) is 0. The van der Waals surface area contributed by atoms with Crippen molar-refractivity contribution in [2.75, 3.05) is 4.72 Å². The van der Waals surface area contributed by atoms with E-state index in [9.17, 15) is 12.8 Å². The Morgan fingerprint density at radius 3 is 2.63 bits per heavy atom. The van der Waals surface area contributed by atoms with Gasteiger partial charge < -0.3 is 0 Å². The minimum Gasteiger partial charge on any atom is -0.278 e. The highest BCUT2D eigenvalue weighted by atomic mass is 79.9. The van der Waals surface area contributed by atoms with Crippen LogP contribution in [0.25, 0.3) is 0 Å². The number of nitrogens with one attached hydrogen (secondary N) is 1. The summed E-state index contributed by atoms with van der Waals surface area (Å²) in [6.45, 7) is 1.70. The van der Waals surface area contributed by atoms with Crippen LogP contribution in [-0.2, 0) is 10.0 Å². The Morgan fingerprint density at radius 2 is 2.00 bits per heavy atom. The van der Waals surface area contributed by atoms with Crippen molar-refractivity contribution in [2.45, 2.75) is 11.8 Å². The standard InChI is InChI=1S/C12H10BrFN2O2S/c1-8-2-3-9(13)6-11(8)19(17,18)16-10-4-5-12(14)15-7-10/h2-7,16H,1H3. The van der Waals surface area contributed by atoms with E-state index in [1.807, 2.05) is 0 Å². The number of halogens is 2. The van der Waals surface area contributed by atoms with E-state index < -0.39 is 16.0 Å². The zero-order valence-corrected chi connectivity index (χ0v) is 12.3. The molecule has 1 N–H and O–H groups in total. The van der Waals surface area contributed by atoms with E-state index in [4.69, 9.17) is 0 Å². The number of benzene rings is 1. The number of sulfonamides is 1. The molecule has 0 atom stereocenters. The highest BCUT2D eigenvalue weighted by Gasteiger charge is 2.17. The molecule has 1 heterocycles. The van der Waals surface area contributed by atoms with Gasteiger partial charge in [0, 0.05) is 4.47 Å². The fourth-order valence-corrected chi connectivity index (χ4v) is 3.34. The van der Waals surface area contributed by atoms with Crippen LogP contribution in [-0.4, -0.2) is 13.4 Å². The Labute approximate surface area is 118 Å². The number of rotatable bonds is 3. The van der Waals surface area contributed by atoms with Crippen molar-refractivity contribution in [3.63, 3.8) is 0 Å². The summed E-state index contributed by atoms with van der Waals surface area (Å²) >= 11 is 3.23. The Kier molecular flexibility index (Phi) is 3.86. The van der Waals surface area contributed by atoms with E-state index in [1.54, 1.807) is 19.1 Å². The van der Waals surface area contributed by atoms with E-state index in [1.165, 1.54) is 12.1 Å². The number of nitrogens with zero attached hydrogens (tertiary/aromatic N) is 1. The molecule has 7 heteroatoms. The average Bonchev–Trinajstić information content (AvgIpc) is 2.35. The first-order valence-electron chi connectivity index (χ1n) is 5.29. The molecule has 0 aliphatic carbocycles. The third-order valence-corrected chi connectivity index (χ3v) is 4.44. The molecule has 4 nitrogen and oxygen atoms in total. The number of hydrogen-bond donors (Lipinski definition) is 1. The molecule has 0 aliphatic rings. The topological polar surface area (TPSA) is 59.1 Å². The Hall–Kier alpha value is -1.47. The molecule has 0 aliphatic heterocycles. The molecular weight excluding hydrogens is 335 g/mol. The average molecular weight is 345 g/mol. The largest absolute Gasteiger partial charge is 0.278 e. The zero-order chi connectivity index (χ0) is 14.0. The van der Waals surface area contributed by atoms with E-state index in [-0.39, 0.29) is 10.6 Å². The fourth-order valence-electron chi connectivity index (χ4n) is 1.51. The van der Waals surface area contributed by atoms with E-state index in [0.29, 0.717) is 10.0 Å². The molecule has 0 bridgehead atoms. The fraction of sp³-hybridized carbons (Fsp3) is 0.0833. The normalized spacial score (nSPS) is 11.3. The number of anilines is 1. The summed E-state index contributed by atoms with van der Waals surface area (Å²) in [6, 6.07) is 7.36. The van der Waals surface area contributed by atoms with Gasteiger partial charge in [0.15, 0.2) is 0 Å². The minimum absolute atomic E-state index is 0.159. The second kappa shape index (κ2) is 5.26. The first-order valence-corrected chi connectivity index (χ1v) is 7.56. The molecule has 0 spiro atoms. The third-order valence-electron chi connectivity index (χ3n) is 2.42. The number of pyridine rings is 1. The lowest BCUT2D eigenvalue weighted by Crippen LogP contribution is -2.14. The van der Waals surface area contributed by atoms with Crippen LogP contribution in [0, 0.1) is 12.9 Å². The molecule has 2 aromatic rings. The quantitative estimate of drug-likeness (QED) is 0.870. The molecular formula is C12H10BrFN2O2S. The maximum absolute atomic E-state index is 12.7. The predicted molar refractivity (Wildman–Crippen MR) is 73.9 cm³/mol. The van der Waals surface area contributed by atoms with Crippen molar-refractivity contribution in [3.05, 3.63) is 52.5 Å². The van der Waals surface area contributed by atoms with E-state index >= 15 is 0 Å². The predicted octanol–water partition coefficient (Wildman–Crippen LogP) is 3.09. The van der Waals surface area contributed by atoms with Crippen LogP contribution in [0.4, 0.5) is 10.1 Å². The van der Waals surface area contributed by atoms with Gasteiger partial charge in [-0.25, -0.2) is 13.4 Å². The lowest BCUT2D eigenvalue weighted by Gasteiger charge is -2.10. The molecule has 0 radical (unpaired) electrons. The minimum atomic E-state index is -3.72. The van der Waals surface area contributed by atoms with E-state index in [0.717, 1.165) is 12.3 Å². The molecule has 0 amide bonds. The van der Waals surface area contributed by atoms with Gasteiger partial charge in [0.2, 0.25) is 5.95 Å².